The zero-order valence-electron chi connectivity index (χ0n) is 15.5. The molecule has 25 heavy (non-hydrogen) atoms. The van der Waals surface area contributed by atoms with E-state index in [9.17, 15) is 9.59 Å². The molecular weight excluding hydrogens is 332 g/mol. The second-order valence-corrected chi connectivity index (χ2v) is 8.33. The van der Waals surface area contributed by atoms with E-state index < -0.39 is 6.04 Å². The lowest BCUT2D eigenvalue weighted by Crippen LogP contribution is -2.45. The molecule has 4 nitrogen and oxygen atoms in total. The summed E-state index contributed by atoms with van der Waals surface area (Å²) in [4.78, 5) is 27.6. The Labute approximate surface area is 153 Å². The molecule has 1 unspecified atom stereocenters. The van der Waals surface area contributed by atoms with Crippen molar-refractivity contribution < 1.29 is 9.59 Å². The topological polar surface area (TPSA) is 49.4 Å². The lowest BCUT2D eigenvalue weighted by Gasteiger charge is -2.22. The van der Waals surface area contributed by atoms with Crippen molar-refractivity contribution in [2.24, 2.45) is 0 Å². The third-order valence-corrected chi connectivity index (χ3v) is 4.94. The van der Waals surface area contributed by atoms with Gasteiger partial charge >= 0.3 is 0 Å². The molecule has 1 aromatic heterocycles. The van der Waals surface area contributed by atoms with E-state index >= 15 is 0 Å². The van der Waals surface area contributed by atoms with Crippen molar-refractivity contribution >= 4 is 23.2 Å². The molecule has 5 heteroatoms. The highest BCUT2D eigenvalue weighted by Crippen LogP contribution is 2.22. The summed E-state index contributed by atoms with van der Waals surface area (Å²) in [6.07, 6.45) is 0. The molecule has 1 aromatic carbocycles. The first-order valence-corrected chi connectivity index (χ1v) is 9.25. The first kappa shape index (κ1) is 19.2. The molecule has 1 N–H and O–H groups in total. The van der Waals surface area contributed by atoms with Gasteiger partial charge in [0.15, 0.2) is 0 Å². The van der Waals surface area contributed by atoms with Crippen LogP contribution in [0.2, 0.25) is 0 Å². The lowest BCUT2D eigenvalue weighted by molar-refractivity contribution is -0.132. The Hall–Kier alpha value is -2.14. The summed E-state index contributed by atoms with van der Waals surface area (Å²) in [6, 6.07) is 10.9. The van der Waals surface area contributed by atoms with Crippen molar-refractivity contribution in [3.8, 4) is 0 Å². The summed E-state index contributed by atoms with van der Waals surface area (Å²) in [7, 11) is 1.75. The van der Waals surface area contributed by atoms with Gasteiger partial charge in [-0.1, -0.05) is 39.0 Å². The largest absolute Gasteiger partial charge is 0.341 e. The Morgan fingerprint density at radius 2 is 1.80 bits per heavy atom. The highest BCUT2D eigenvalue weighted by atomic mass is 32.1. The van der Waals surface area contributed by atoms with Crippen molar-refractivity contribution in [2.75, 3.05) is 7.05 Å². The zero-order valence-corrected chi connectivity index (χ0v) is 16.3. The SMILES string of the molecule is CC(NC(=O)c1ccc(C(C)(C)C)cc1)C(=O)N(C)Cc1cccs1. The van der Waals surface area contributed by atoms with E-state index in [1.807, 2.05) is 41.8 Å². The minimum Gasteiger partial charge on any atom is -0.341 e. The maximum Gasteiger partial charge on any atom is 0.251 e. The van der Waals surface area contributed by atoms with Crippen molar-refractivity contribution in [1.29, 1.82) is 0 Å². The van der Waals surface area contributed by atoms with Gasteiger partial charge in [-0.25, -0.2) is 0 Å². The van der Waals surface area contributed by atoms with Crippen LogP contribution in [0.5, 0.6) is 0 Å². The number of amides is 2. The first-order valence-electron chi connectivity index (χ1n) is 8.37. The average molecular weight is 359 g/mol. The first-order chi connectivity index (χ1) is 11.7. The molecule has 0 bridgehead atoms. The number of benzene rings is 1. The predicted octanol–water partition coefficient (Wildman–Crippen LogP) is 3.82. The van der Waals surface area contributed by atoms with Crippen molar-refractivity contribution in [1.82, 2.24) is 10.2 Å². The molecule has 2 rings (SSSR count). The Morgan fingerprint density at radius 3 is 2.32 bits per heavy atom. The summed E-state index contributed by atoms with van der Waals surface area (Å²) in [5.41, 5.74) is 1.78. The minimum atomic E-state index is -0.570. The van der Waals surface area contributed by atoms with Crippen LogP contribution in [0.15, 0.2) is 41.8 Å². The van der Waals surface area contributed by atoms with Gasteiger partial charge in [-0.2, -0.15) is 0 Å². The molecule has 0 fully saturated rings. The number of rotatable bonds is 5. The molecule has 2 amide bonds. The van der Waals surface area contributed by atoms with Crippen LogP contribution in [0.1, 0.15) is 48.5 Å². The monoisotopic (exact) mass is 358 g/mol. The standard InChI is InChI=1S/C20H26N2O2S/c1-14(19(24)22(5)13-17-7-6-12-25-17)21-18(23)15-8-10-16(11-9-15)20(2,3)4/h6-12,14H,13H2,1-5H3,(H,21,23). The van der Waals surface area contributed by atoms with Crippen LogP contribution in [0, 0.1) is 0 Å². The molecule has 134 valence electrons. The Balaban J connectivity index is 1.95. The number of carbonyl (C=O) groups is 2. The molecule has 0 aliphatic rings. The molecule has 0 aliphatic heterocycles. The van der Waals surface area contributed by atoms with Crippen molar-refractivity contribution in [2.45, 2.75) is 45.7 Å². The Bertz CT molecular complexity index is 715. The normalized spacial score (nSPS) is 12.5. The fourth-order valence-electron chi connectivity index (χ4n) is 2.51. The van der Waals surface area contributed by atoms with Gasteiger partial charge in [0.05, 0.1) is 6.54 Å². The molecule has 0 saturated carbocycles. The van der Waals surface area contributed by atoms with E-state index in [0.29, 0.717) is 12.1 Å². The number of likely N-dealkylation sites (N-methyl/N-ethyl adjacent to an activating group) is 1. The summed E-state index contributed by atoms with van der Waals surface area (Å²) in [5, 5.41) is 4.77. The Morgan fingerprint density at radius 1 is 1.16 bits per heavy atom. The second kappa shape index (κ2) is 7.83. The van der Waals surface area contributed by atoms with E-state index in [4.69, 9.17) is 0 Å². The van der Waals surface area contributed by atoms with E-state index in [1.54, 1.807) is 30.2 Å². The number of hydrogen-bond donors (Lipinski definition) is 1. The van der Waals surface area contributed by atoms with Crippen molar-refractivity contribution in [3.05, 3.63) is 57.8 Å². The molecule has 0 spiro atoms. The molecule has 0 saturated heterocycles. The number of carbonyl (C=O) groups excluding carboxylic acids is 2. The van der Waals surface area contributed by atoms with Crippen molar-refractivity contribution in [3.63, 3.8) is 0 Å². The van der Waals surface area contributed by atoms with Gasteiger partial charge in [-0.15, -0.1) is 11.3 Å². The summed E-state index contributed by atoms with van der Waals surface area (Å²) >= 11 is 1.61. The number of nitrogens with zero attached hydrogens (tertiary/aromatic N) is 1. The van der Waals surface area contributed by atoms with Crippen LogP contribution in [-0.4, -0.2) is 29.8 Å². The fraction of sp³-hybridized carbons (Fsp3) is 0.400. The summed E-state index contributed by atoms with van der Waals surface area (Å²) in [5.74, 6) is -0.334. The van der Waals surface area contributed by atoms with Gasteiger partial charge in [0.2, 0.25) is 5.91 Å². The molecule has 1 heterocycles. The average Bonchev–Trinajstić information content (AvgIpc) is 3.06. The van der Waals surface area contributed by atoms with Gasteiger partial charge < -0.3 is 10.2 Å². The quantitative estimate of drug-likeness (QED) is 0.883. The highest BCUT2D eigenvalue weighted by molar-refractivity contribution is 7.09. The van der Waals surface area contributed by atoms with Crippen LogP contribution in [0.3, 0.4) is 0 Å². The third kappa shape index (κ3) is 5.16. The van der Waals surface area contributed by atoms with Crippen LogP contribution in [-0.2, 0) is 16.8 Å². The molecular formula is C20H26N2O2S. The second-order valence-electron chi connectivity index (χ2n) is 7.30. The van der Waals surface area contributed by atoms with Gasteiger partial charge in [0.25, 0.3) is 5.91 Å². The molecule has 2 aromatic rings. The predicted molar refractivity (Wildman–Crippen MR) is 103 cm³/mol. The van der Waals surface area contributed by atoms with E-state index in [2.05, 4.69) is 26.1 Å². The van der Waals surface area contributed by atoms with E-state index in [-0.39, 0.29) is 17.2 Å². The van der Waals surface area contributed by atoms with Gasteiger partial charge in [-0.05, 0) is 41.5 Å². The number of thiophene rings is 1. The summed E-state index contributed by atoms with van der Waals surface area (Å²) < 4.78 is 0. The smallest absolute Gasteiger partial charge is 0.251 e. The zero-order chi connectivity index (χ0) is 18.6. The maximum atomic E-state index is 12.4. The van der Waals surface area contributed by atoms with Crippen LogP contribution in [0.4, 0.5) is 0 Å². The summed E-state index contributed by atoms with van der Waals surface area (Å²) in [6.45, 7) is 8.66. The van der Waals surface area contributed by atoms with Crippen LogP contribution < -0.4 is 5.32 Å². The lowest BCUT2D eigenvalue weighted by atomic mass is 9.86. The molecule has 0 radical (unpaired) electrons. The number of nitrogens with one attached hydrogen (secondary N) is 1. The molecule has 0 aliphatic carbocycles. The van der Waals surface area contributed by atoms with Gasteiger partial charge in [0, 0.05) is 17.5 Å². The third-order valence-electron chi connectivity index (χ3n) is 4.08. The van der Waals surface area contributed by atoms with Crippen LogP contribution >= 0.6 is 11.3 Å². The maximum absolute atomic E-state index is 12.4. The van der Waals surface area contributed by atoms with Gasteiger partial charge in [-0.3, -0.25) is 9.59 Å². The van der Waals surface area contributed by atoms with Gasteiger partial charge in [0.1, 0.15) is 6.04 Å². The Kier molecular flexibility index (Phi) is 6.01. The number of hydrogen-bond acceptors (Lipinski definition) is 3. The van der Waals surface area contributed by atoms with E-state index in [1.165, 1.54) is 5.56 Å². The van der Waals surface area contributed by atoms with E-state index in [0.717, 1.165) is 4.88 Å². The fourth-order valence-corrected chi connectivity index (χ4v) is 3.27. The highest BCUT2D eigenvalue weighted by Gasteiger charge is 2.21. The van der Waals surface area contributed by atoms with Crippen LogP contribution in [0.25, 0.3) is 0 Å². The minimum absolute atomic E-state index is 0.0444. The molecule has 1 atom stereocenters.